The van der Waals surface area contributed by atoms with Gasteiger partial charge >= 0.3 is 18.3 Å². The first-order valence-corrected chi connectivity index (χ1v) is 15.6. The van der Waals surface area contributed by atoms with Crippen molar-refractivity contribution >= 4 is 44.3 Å². The molecule has 6 heterocycles. The minimum absolute atomic E-state index is 0.0710. The molecule has 2 bridgehead atoms. The van der Waals surface area contributed by atoms with E-state index >= 15 is 4.39 Å². The second-order valence-electron chi connectivity index (χ2n) is 13.9. The maximum atomic E-state index is 15.9. The van der Waals surface area contributed by atoms with Gasteiger partial charge in [0.1, 0.15) is 29.7 Å². The molecule has 0 unspecified atom stereocenters. The topological polar surface area (TPSA) is 71.0 Å². The highest BCUT2D eigenvalue weighted by molar-refractivity contribution is 9.10. The van der Waals surface area contributed by atoms with Crippen molar-refractivity contribution in [2.24, 2.45) is 0 Å². The molecule has 4 fully saturated rings. The van der Waals surface area contributed by atoms with Crippen molar-refractivity contribution in [3.63, 3.8) is 0 Å². The number of hydrogen-bond acceptors (Lipinski definition) is 7. The molecular weight excluding hydrogens is 653 g/mol. The van der Waals surface area contributed by atoms with E-state index in [0.717, 1.165) is 19.4 Å². The van der Waals surface area contributed by atoms with Gasteiger partial charge < -0.3 is 19.3 Å². The van der Waals surface area contributed by atoms with Crippen LogP contribution in [0.2, 0.25) is 0 Å². The van der Waals surface area contributed by atoms with E-state index in [1.807, 2.05) is 4.90 Å². The summed E-state index contributed by atoms with van der Waals surface area (Å²) >= 11 is 2.88. The molecule has 8 nitrogen and oxygen atoms in total. The average Bonchev–Trinajstić information content (AvgIpc) is 3.63. The lowest BCUT2D eigenvalue weighted by atomic mass is 9.86. The molecule has 4 atom stereocenters. The van der Waals surface area contributed by atoms with Gasteiger partial charge in [0.15, 0.2) is 5.82 Å². The van der Waals surface area contributed by atoms with Crippen LogP contribution in [0, 0.1) is 5.82 Å². The van der Waals surface area contributed by atoms with Gasteiger partial charge in [-0.3, -0.25) is 4.90 Å². The Morgan fingerprint density at radius 3 is 2.64 bits per heavy atom. The van der Waals surface area contributed by atoms with Gasteiger partial charge in [-0.05, 0) is 74.5 Å². The zero-order valence-electron chi connectivity index (χ0n) is 24.7. The van der Waals surface area contributed by atoms with Crippen LogP contribution in [-0.4, -0.2) is 87.5 Å². The van der Waals surface area contributed by atoms with Crippen LogP contribution in [0.4, 0.5) is 32.6 Å². The minimum Gasteiger partial charge on any atom is -0.461 e. The number of benzene rings is 1. The number of rotatable bonds is 3. The number of carbonyl (C=O) groups excluding carboxylic acids is 1. The maximum absolute atomic E-state index is 15.9. The zero-order chi connectivity index (χ0) is 31.6. The van der Waals surface area contributed by atoms with E-state index in [1.54, 1.807) is 25.7 Å². The van der Waals surface area contributed by atoms with Gasteiger partial charge in [0.25, 0.3) is 0 Å². The molecule has 44 heavy (non-hydrogen) atoms. The van der Waals surface area contributed by atoms with E-state index in [-0.39, 0.29) is 66.0 Å². The van der Waals surface area contributed by atoms with Crippen molar-refractivity contribution in [1.29, 1.82) is 0 Å². The zero-order valence-corrected chi connectivity index (χ0v) is 26.2. The predicted molar refractivity (Wildman–Crippen MR) is 156 cm³/mol. The molecule has 5 aliphatic rings. The Bertz CT molecular complexity index is 1600. The number of halogens is 6. The molecule has 4 saturated heterocycles. The Hall–Kier alpha value is -2.74. The van der Waals surface area contributed by atoms with Crippen LogP contribution in [0.1, 0.15) is 64.0 Å². The molecule has 1 amide bonds. The van der Waals surface area contributed by atoms with Crippen LogP contribution >= 0.6 is 15.9 Å². The second kappa shape index (κ2) is 9.63. The van der Waals surface area contributed by atoms with Gasteiger partial charge in [-0.15, -0.1) is 0 Å². The fourth-order valence-corrected chi connectivity index (χ4v) is 8.78. The Morgan fingerprint density at radius 2 is 1.93 bits per heavy atom. The number of nitrogens with zero attached hydrogens (tertiary/aromatic N) is 5. The molecule has 0 N–H and O–H groups in total. The lowest BCUT2D eigenvalue weighted by molar-refractivity contribution is -0.138. The van der Waals surface area contributed by atoms with Crippen LogP contribution in [0.5, 0.6) is 6.01 Å². The van der Waals surface area contributed by atoms with Gasteiger partial charge in [0.2, 0.25) is 0 Å². The van der Waals surface area contributed by atoms with Crippen molar-refractivity contribution in [2.75, 3.05) is 37.7 Å². The molecule has 14 heteroatoms. The summed E-state index contributed by atoms with van der Waals surface area (Å²) in [7, 11) is 0. The number of likely N-dealkylation sites (tertiary alicyclic amines) is 1. The number of carbonyl (C=O) groups is 1. The molecule has 0 radical (unpaired) electrons. The van der Waals surface area contributed by atoms with Crippen LogP contribution in [-0.2, 0) is 10.9 Å². The third kappa shape index (κ3) is 4.48. The molecule has 1 spiro atoms. The fourth-order valence-electron chi connectivity index (χ4n) is 8.17. The van der Waals surface area contributed by atoms with Gasteiger partial charge in [-0.1, -0.05) is 6.58 Å². The number of anilines is 1. The third-order valence-electron chi connectivity index (χ3n) is 9.77. The molecule has 0 saturated carbocycles. The Labute approximate surface area is 259 Å². The van der Waals surface area contributed by atoms with Gasteiger partial charge in [0, 0.05) is 31.6 Å². The first-order valence-electron chi connectivity index (χ1n) is 14.8. The average molecular weight is 687 g/mol. The Morgan fingerprint density at radius 1 is 1.18 bits per heavy atom. The van der Waals surface area contributed by atoms with Crippen LogP contribution in [0.3, 0.4) is 0 Å². The highest BCUT2D eigenvalue weighted by Gasteiger charge is 2.59. The van der Waals surface area contributed by atoms with Crippen LogP contribution in [0.15, 0.2) is 11.1 Å². The number of ether oxygens (including phenoxy) is 2. The number of aromatic nitrogens is 2. The maximum Gasteiger partial charge on any atom is 0.418 e. The highest BCUT2D eigenvalue weighted by Crippen LogP contribution is 2.56. The molecule has 1 aromatic carbocycles. The number of hydrogen-bond donors (Lipinski definition) is 0. The number of alkyl halides is 4. The standard InChI is InChI=1S/C30H33BrF5N5O3/c1-15-8-29-10-17(40(13-29)26(42)44-27(2,3)4)12-41(29)24-19-18(15)20(30(34,35)36)21(31)22(33)23(19)37-25(38-24)43-14-28-6-5-7-39(28)11-16(32)9-28/h16-17H,1,5-14H2,2-4H3/t16-,17-,28+,29-/m1/s1. The van der Waals surface area contributed by atoms with Gasteiger partial charge in [-0.2, -0.15) is 23.1 Å². The largest absolute Gasteiger partial charge is 0.461 e. The van der Waals surface area contributed by atoms with Crippen LogP contribution in [0.25, 0.3) is 16.5 Å². The Balaban J connectivity index is 1.35. The quantitative estimate of drug-likeness (QED) is 0.342. The molecule has 0 aliphatic carbocycles. The highest BCUT2D eigenvalue weighted by atomic mass is 79.9. The van der Waals surface area contributed by atoms with Crippen molar-refractivity contribution in [1.82, 2.24) is 19.8 Å². The molecule has 5 aliphatic heterocycles. The lowest BCUT2D eigenvalue weighted by Gasteiger charge is -2.42. The summed E-state index contributed by atoms with van der Waals surface area (Å²) in [6.07, 6.45) is -3.97. The number of piperazine rings is 1. The van der Waals surface area contributed by atoms with Gasteiger partial charge in [-0.25, -0.2) is 13.6 Å². The molecule has 2 aromatic rings. The third-order valence-corrected chi connectivity index (χ3v) is 10.5. The molecule has 238 valence electrons. The number of fused-ring (bicyclic) bond motifs is 3. The molecule has 1 aromatic heterocycles. The first-order chi connectivity index (χ1) is 20.5. The summed E-state index contributed by atoms with van der Waals surface area (Å²) in [5, 5.41) is -0.0889. The van der Waals surface area contributed by atoms with Crippen LogP contribution < -0.4 is 9.64 Å². The van der Waals surface area contributed by atoms with Crippen molar-refractivity contribution in [3.05, 3.63) is 28.0 Å². The molecule has 7 rings (SSSR count). The van der Waals surface area contributed by atoms with Crippen molar-refractivity contribution in [3.8, 4) is 6.01 Å². The summed E-state index contributed by atoms with van der Waals surface area (Å²) in [6.45, 7) is 10.9. The van der Waals surface area contributed by atoms with E-state index < -0.39 is 51.0 Å². The van der Waals surface area contributed by atoms with Crippen molar-refractivity contribution < 1.29 is 36.2 Å². The normalized spacial score (nSPS) is 29.8. The number of amides is 1. The lowest BCUT2D eigenvalue weighted by Crippen LogP contribution is -2.56. The molecular formula is C30H33BrF5N5O3. The SMILES string of the molecule is C=C1C[C@]23C[C@H](CN2c2nc(OC[C@@]45CCCN4C[C@H](F)C5)nc4c(F)c(Br)c(C(F)(F)F)c1c24)N(C(=O)OC(C)(C)C)C3. The Kier molecular flexibility index (Phi) is 6.56. The van der Waals surface area contributed by atoms with Gasteiger partial charge in [0.05, 0.1) is 32.5 Å². The smallest absolute Gasteiger partial charge is 0.418 e. The van der Waals surface area contributed by atoms with E-state index in [2.05, 4.69) is 37.4 Å². The van der Waals surface area contributed by atoms with E-state index in [9.17, 15) is 22.4 Å². The summed E-state index contributed by atoms with van der Waals surface area (Å²) in [4.78, 5) is 27.6. The van der Waals surface area contributed by atoms with E-state index in [1.165, 1.54) is 0 Å². The monoisotopic (exact) mass is 685 g/mol. The fraction of sp³-hybridized carbons (Fsp3) is 0.633. The summed E-state index contributed by atoms with van der Waals surface area (Å²) < 4.78 is 85.0. The summed E-state index contributed by atoms with van der Waals surface area (Å²) in [5.74, 6) is -1.07. The second-order valence-corrected chi connectivity index (χ2v) is 14.7. The summed E-state index contributed by atoms with van der Waals surface area (Å²) in [6, 6.07) is -0.496. The van der Waals surface area contributed by atoms with Crippen molar-refractivity contribution in [2.45, 2.75) is 87.9 Å². The predicted octanol–water partition coefficient (Wildman–Crippen LogP) is 6.49. The van der Waals surface area contributed by atoms with E-state index in [4.69, 9.17) is 9.47 Å². The first kappa shape index (κ1) is 29.9. The minimum atomic E-state index is -4.91. The summed E-state index contributed by atoms with van der Waals surface area (Å²) in [5.41, 5.74) is -3.73. The van der Waals surface area contributed by atoms with E-state index in [0.29, 0.717) is 19.4 Å².